The third kappa shape index (κ3) is 5.75. The predicted octanol–water partition coefficient (Wildman–Crippen LogP) is 4.71. The van der Waals surface area contributed by atoms with Gasteiger partial charge in [0.2, 0.25) is 11.8 Å². The van der Waals surface area contributed by atoms with Crippen LogP contribution >= 0.6 is 23.2 Å². The quantitative estimate of drug-likeness (QED) is 0.394. The average Bonchev–Trinajstić information content (AvgIpc) is 3.11. The third-order valence-corrected chi connectivity index (χ3v) is 7.03. The van der Waals surface area contributed by atoms with E-state index in [0.29, 0.717) is 0 Å². The number of hydrogen-bond acceptors (Lipinski definition) is 8. The maximum Gasteiger partial charge on any atom is 0.534 e. The number of halogens is 5. The Bertz CT molecular complexity index is 1380. The summed E-state index contributed by atoms with van der Waals surface area (Å²) < 4.78 is 77.5. The smallest absolute Gasteiger partial charge is 0.495 e. The molecule has 2 amide bonds. The summed E-state index contributed by atoms with van der Waals surface area (Å²) >= 11 is 12.4. The number of hydrogen-bond donors (Lipinski definition) is 1. The molecule has 1 aromatic heterocycles. The number of carbonyl (C=O) groups is 2. The number of alkyl halides is 3. The molecule has 0 spiro atoms. The van der Waals surface area contributed by atoms with Crippen LogP contribution < -0.4 is 14.2 Å². The third-order valence-electron chi connectivity index (χ3n) is 5.24. The number of carbonyl (C=O) groups excluding carboxylic acids is 2. The molecule has 0 fully saturated rings. The van der Waals surface area contributed by atoms with Crippen LogP contribution in [0.25, 0.3) is 10.9 Å². The molecule has 204 valence electrons. The lowest BCUT2D eigenvalue weighted by Crippen LogP contribution is -2.40. The van der Waals surface area contributed by atoms with Crippen LogP contribution in [-0.4, -0.2) is 55.1 Å². The number of nitrogens with zero attached hydrogens (tertiary/aromatic N) is 2. The summed E-state index contributed by atoms with van der Waals surface area (Å²) in [6, 6.07) is 0.590. The number of methoxy groups -OCH3 is 1. The minimum atomic E-state index is -6.11. The molecule has 1 aliphatic heterocycles. The first-order valence-corrected chi connectivity index (χ1v) is 12.7. The predicted molar refractivity (Wildman–Crippen MR) is 127 cm³/mol. The highest BCUT2D eigenvalue weighted by Gasteiger charge is 2.50. The lowest BCUT2D eigenvalue weighted by atomic mass is 10.0. The van der Waals surface area contributed by atoms with E-state index in [9.17, 15) is 31.2 Å². The van der Waals surface area contributed by atoms with Crippen LogP contribution in [0, 0.1) is 0 Å². The Balaban J connectivity index is 2.09. The molecule has 1 N–H and O–H groups in total. The first-order valence-electron chi connectivity index (χ1n) is 10.5. The molecule has 1 aliphatic rings. The molecule has 0 unspecified atom stereocenters. The molecule has 0 saturated carbocycles. The van der Waals surface area contributed by atoms with Crippen molar-refractivity contribution in [1.29, 1.82) is 0 Å². The van der Waals surface area contributed by atoms with E-state index in [1.54, 1.807) is 27.7 Å². The summed E-state index contributed by atoms with van der Waals surface area (Å²) in [5.41, 5.74) is -6.59. The van der Waals surface area contributed by atoms with Crippen molar-refractivity contribution in [3.63, 3.8) is 0 Å². The molecule has 1 atom stereocenters. The summed E-state index contributed by atoms with van der Waals surface area (Å²) in [6.07, 6.45) is -0.858. The minimum Gasteiger partial charge on any atom is -0.495 e. The van der Waals surface area contributed by atoms with Gasteiger partial charge in [-0.15, -0.1) is 0 Å². The fraction of sp³-hybridized carbons (Fsp3) is 0.476. The Hall–Kier alpha value is -2.71. The van der Waals surface area contributed by atoms with Gasteiger partial charge in [-0.3, -0.25) is 4.79 Å². The average molecular weight is 588 g/mol. The van der Waals surface area contributed by atoms with E-state index in [1.165, 1.54) is 18.1 Å². The van der Waals surface area contributed by atoms with Gasteiger partial charge in [-0.1, -0.05) is 23.2 Å². The number of ether oxygens (including phenoxy) is 2. The number of nitrogens with one attached hydrogen (secondary N) is 1. The molecule has 0 radical (unpaired) electrons. The highest BCUT2D eigenvalue weighted by atomic mass is 35.5. The Kier molecular flexibility index (Phi) is 7.70. The molecule has 16 heteroatoms. The van der Waals surface area contributed by atoms with E-state index in [-0.39, 0.29) is 44.4 Å². The maximum atomic E-state index is 13.1. The molecular formula is C21H22Cl2F3N3O7S. The standard InChI is InChI=1S/C21H22Cl2F3N3O7S/c1-9-14-10-6-12(34-5)15(22)16(23)17(10)28-18(36-37(32,33)21(24,25)26)11(14)8-29(9)13(30)7-27-19(31)35-20(2,3)4/h6,9H,7-8H2,1-5H3,(H,27,31)/t9-/m0/s1. The van der Waals surface area contributed by atoms with E-state index in [0.717, 1.165) is 0 Å². The van der Waals surface area contributed by atoms with Crippen LogP contribution in [0.5, 0.6) is 11.6 Å². The normalized spacial score (nSPS) is 15.9. The second kappa shape index (κ2) is 9.87. The van der Waals surface area contributed by atoms with E-state index >= 15 is 0 Å². The van der Waals surface area contributed by atoms with Crippen LogP contribution in [0.4, 0.5) is 18.0 Å². The van der Waals surface area contributed by atoms with Gasteiger partial charge in [-0.2, -0.15) is 21.6 Å². The zero-order valence-electron chi connectivity index (χ0n) is 20.1. The summed E-state index contributed by atoms with van der Waals surface area (Å²) in [4.78, 5) is 30.0. The zero-order valence-corrected chi connectivity index (χ0v) is 22.4. The Morgan fingerprint density at radius 3 is 2.38 bits per heavy atom. The topological polar surface area (TPSA) is 124 Å². The number of benzene rings is 1. The Morgan fingerprint density at radius 1 is 1.22 bits per heavy atom. The van der Waals surface area contributed by atoms with Gasteiger partial charge >= 0.3 is 21.7 Å². The van der Waals surface area contributed by atoms with Crippen molar-refractivity contribution < 1.29 is 44.8 Å². The molecule has 0 saturated heterocycles. The van der Waals surface area contributed by atoms with Crippen molar-refractivity contribution in [2.75, 3.05) is 13.7 Å². The van der Waals surface area contributed by atoms with E-state index in [1.807, 2.05) is 0 Å². The van der Waals surface area contributed by atoms with Crippen LogP contribution in [0.15, 0.2) is 6.07 Å². The fourth-order valence-corrected chi connectivity index (χ4v) is 4.58. The maximum absolute atomic E-state index is 13.1. The van der Waals surface area contributed by atoms with Crippen molar-refractivity contribution in [1.82, 2.24) is 15.2 Å². The second-order valence-corrected chi connectivity index (χ2v) is 11.2. The van der Waals surface area contributed by atoms with Gasteiger partial charge in [0.05, 0.1) is 30.2 Å². The number of amides is 2. The Labute approximate surface area is 220 Å². The lowest BCUT2D eigenvalue weighted by Gasteiger charge is -2.24. The van der Waals surface area contributed by atoms with Crippen LogP contribution in [-0.2, 0) is 26.2 Å². The summed E-state index contributed by atoms with van der Waals surface area (Å²) in [6.45, 7) is 5.56. The molecule has 10 nitrogen and oxygen atoms in total. The zero-order chi connectivity index (χ0) is 28.1. The SMILES string of the molecule is COc1cc2c3c(c(OS(=O)(=O)C(F)(F)F)nc2c(Cl)c1Cl)CN(C(=O)CNC(=O)OC(C)(C)C)[C@H]3C. The molecule has 2 heterocycles. The van der Waals surface area contributed by atoms with Crippen molar-refractivity contribution in [3.05, 3.63) is 27.2 Å². The van der Waals surface area contributed by atoms with Gasteiger partial charge in [0.15, 0.2) is 0 Å². The molecule has 3 rings (SSSR count). The van der Waals surface area contributed by atoms with E-state index in [4.69, 9.17) is 32.7 Å². The monoisotopic (exact) mass is 587 g/mol. The molecular weight excluding hydrogens is 566 g/mol. The summed E-state index contributed by atoms with van der Waals surface area (Å²) in [5, 5.41) is 2.21. The first kappa shape index (κ1) is 28.9. The van der Waals surface area contributed by atoms with Crippen molar-refractivity contribution in [2.24, 2.45) is 0 Å². The minimum absolute atomic E-state index is 0.0983. The molecule has 1 aromatic carbocycles. The van der Waals surface area contributed by atoms with E-state index in [2.05, 4.69) is 14.5 Å². The summed E-state index contributed by atoms with van der Waals surface area (Å²) in [7, 11) is -4.80. The number of aromatic nitrogens is 1. The largest absolute Gasteiger partial charge is 0.534 e. The van der Waals surface area contributed by atoms with Gasteiger partial charge in [-0.25, -0.2) is 9.78 Å². The molecule has 0 aliphatic carbocycles. The van der Waals surface area contributed by atoms with Gasteiger partial charge in [0.25, 0.3) is 0 Å². The van der Waals surface area contributed by atoms with Gasteiger partial charge < -0.3 is 23.9 Å². The molecule has 0 bridgehead atoms. The Morgan fingerprint density at radius 2 is 1.84 bits per heavy atom. The fourth-order valence-electron chi connectivity index (χ4n) is 3.68. The van der Waals surface area contributed by atoms with Gasteiger partial charge in [-0.05, 0) is 39.3 Å². The van der Waals surface area contributed by atoms with Crippen molar-refractivity contribution >= 4 is 56.2 Å². The second-order valence-electron chi connectivity index (χ2n) is 8.95. The first-order chi connectivity index (χ1) is 16.9. The van der Waals surface area contributed by atoms with Gasteiger partial charge in [0.1, 0.15) is 22.9 Å². The highest BCUT2D eigenvalue weighted by Crippen LogP contribution is 2.47. The van der Waals surface area contributed by atoms with Crippen LogP contribution in [0.1, 0.15) is 44.9 Å². The van der Waals surface area contributed by atoms with Crippen molar-refractivity contribution in [3.8, 4) is 11.6 Å². The van der Waals surface area contributed by atoms with Crippen LogP contribution in [0.3, 0.4) is 0 Å². The van der Waals surface area contributed by atoms with Crippen molar-refractivity contribution in [2.45, 2.75) is 51.4 Å². The molecule has 2 aromatic rings. The van der Waals surface area contributed by atoms with E-state index < -0.39 is 51.7 Å². The highest BCUT2D eigenvalue weighted by molar-refractivity contribution is 7.88. The molecule has 37 heavy (non-hydrogen) atoms. The number of rotatable bonds is 5. The lowest BCUT2D eigenvalue weighted by molar-refractivity contribution is -0.132. The number of alkyl carbamates (subject to hydrolysis) is 1. The number of pyridine rings is 1. The summed E-state index contributed by atoms with van der Waals surface area (Å²) in [5.74, 6) is -1.44. The van der Waals surface area contributed by atoms with Crippen LogP contribution in [0.2, 0.25) is 10.0 Å². The van der Waals surface area contributed by atoms with Gasteiger partial charge in [0, 0.05) is 10.9 Å². The number of fused-ring (bicyclic) bond motifs is 3.